The Balaban J connectivity index is 1.89. The zero-order chi connectivity index (χ0) is 14.8. The molecule has 0 spiro atoms. The van der Waals surface area contributed by atoms with Crippen LogP contribution in [0.15, 0.2) is 59.1 Å². The maximum absolute atomic E-state index is 14.1. The molecule has 0 aliphatic heterocycles. The predicted molar refractivity (Wildman–Crippen MR) is 91.2 cm³/mol. The second kappa shape index (κ2) is 6.24. The van der Waals surface area contributed by atoms with E-state index in [9.17, 15) is 4.39 Å². The molecule has 1 heterocycles. The summed E-state index contributed by atoms with van der Waals surface area (Å²) in [6.07, 6.45) is 0.637. The Hall–Kier alpha value is -1.26. The number of pyridine rings is 1. The van der Waals surface area contributed by atoms with Crippen LogP contribution in [0.3, 0.4) is 0 Å². The third-order valence-corrected chi connectivity index (χ3v) is 4.79. The molecule has 1 aromatic heterocycles. The number of halogens is 3. The van der Waals surface area contributed by atoms with Gasteiger partial charge in [0.2, 0.25) is 0 Å². The molecule has 0 radical (unpaired) electrons. The summed E-state index contributed by atoms with van der Waals surface area (Å²) in [6.45, 7) is 0. The molecule has 4 heteroatoms. The van der Waals surface area contributed by atoms with E-state index in [1.807, 2.05) is 36.4 Å². The van der Waals surface area contributed by atoms with Gasteiger partial charge in [-0.3, -0.25) is 4.98 Å². The predicted octanol–water partition coefficient (Wildman–Crippen LogP) is 5.82. The zero-order valence-electron chi connectivity index (χ0n) is 11.1. The summed E-state index contributed by atoms with van der Waals surface area (Å²) in [7, 11) is 0. The second-order valence-corrected chi connectivity index (χ2v) is 6.77. The van der Waals surface area contributed by atoms with Crippen LogP contribution >= 0.6 is 31.9 Å². The fourth-order valence-corrected chi connectivity index (χ4v) is 3.34. The van der Waals surface area contributed by atoms with Crippen LogP contribution in [-0.4, -0.2) is 4.98 Å². The molecule has 0 N–H and O–H groups in total. The minimum absolute atomic E-state index is 0.108. The van der Waals surface area contributed by atoms with Gasteiger partial charge in [-0.25, -0.2) is 4.39 Å². The highest BCUT2D eigenvalue weighted by atomic mass is 79.9. The van der Waals surface area contributed by atoms with E-state index >= 15 is 0 Å². The summed E-state index contributed by atoms with van der Waals surface area (Å²) < 4.78 is 14.6. The lowest BCUT2D eigenvalue weighted by Crippen LogP contribution is -2.01. The SMILES string of the molecule is Fc1c(Br)cccc1C(Br)Cc1ccc2ccccc2n1. The van der Waals surface area contributed by atoms with E-state index in [4.69, 9.17) is 0 Å². The maximum Gasteiger partial charge on any atom is 0.141 e. The van der Waals surface area contributed by atoms with Crippen molar-refractivity contribution in [3.05, 3.63) is 76.1 Å². The van der Waals surface area contributed by atoms with E-state index in [-0.39, 0.29) is 10.6 Å². The summed E-state index contributed by atoms with van der Waals surface area (Å²) in [6, 6.07) is 17.4. The van der Waals surface area contributed by atoms with Crippen molar-refractivity contribution in [1.29, 1.82) is 0 Å². The number of benzene rings is 2. The first-order valence-electron chi connectivity index (χ1n) is 6.58. The van der Waals surface area contributed by atoms with Gasteiger partial charge in [-0.05, 0) is 34.1 Å². The van der Waals surface area contributed by atoms with Crippen molar-refractivity contribution < 1.29 is 4.39 Å². The summed E-state index contributed by atoms with van der Waals surface area (Å²) in [4.78, 5) is 4.52. The molecule has 3 rings (SSSR count). The van der Waals surface area contributed by atoms with Gasteiger partial charge >= 0.3 is 0 Å². The van der Waals surface area contributed by atoms with E-state index < -0.39 is 0 Å². The fourth-order valence-electron chi connectivity index (χ4n) is 2.28. The number of alkyl halides is 1. The van der Waals surface area contributed by atoms with Crippen LogP contribution in [0.2, 0.25) is 0 Å². The molecule has 1 nitrogen and oxygen atoms in total. The topological polar surface area (TPSA) is 12.9 Å². The van der Waals surface area contributed by atoms with Crippen molar-refractivity contribution in [2.75, 3.05) is 0 Å². The number of rotatable bonds is 3. The van der Waals surface area contributed by atoms with Crippen molar-refractivity contribution in [3.63, 3.8) is 0 Å². The smallest absolute Gasteiger partial charge is 0.141 e. The van der Waals surface area contributed by atoms with Gasteiger partial charge in [0.15, 0.2) is 0 Å². The highest BCUT2D eigenvalue weighted by Crippen LogP contribution is 2.31. The third-order valence-electron chi connectivity index (χ3n) is 3.36. The van der Waals surface area contributed by atoms with Gasteiger partial charge in [-0.15, -0.1) is 0 Å². The summed E-state index contributed by atoms with van der Waals surface area (Å²) in [5.74, 6) is -0.222. The Bertz CT molecular complexity index is 789. The quantitative estimate of drug-likeness (QED) is 0.498. The van der Waals surface area contributed by atoms with Crippen molar-refractivity contribution in [1.82, 2.24) is 4.98 Å². The van der Waals surface area contributed by atoms with Gasteiger partial charge in [0.1, 0.15) is 5.82 Å². The molecule has 0 bridgehead atoms. The first kappa shape index (κ1) is 14.7. The van der Waals surface area contributed by atoms with Crippen LogP contribution < -0.4 is 0 Å². The largest absolute Gasteiger partial charge is 0.253 e. The summed E-state index contributed by atoms with van der Waals surface area (Å²) in [5, 5.41) is 1.11. The molecule has 0 fully saturated rings. The summed E-state index contributed by atoms with van der Waals surface area (Å²) in [5.41, 5.74) is 2.54. The first-order valence-corrected chi connectivity index (χ1v) is 8.28. The second-order valence-electron chi connectivity index (χ2n) is 4.81. The highest BCUT2D eigenvalue weighted by molar-refractivity contribution is 9.10. The van der Waals surface area contributed by atoms with Gasteiger partial charge in [0.25, 0.3) is 0 Å². The van der Waals surface area contributed by atoms with Crippen LogP contribution in [0.25, 0.3) is 10.9 Å². The molecule has 2 aromatic carbocycles. The van der Waals surface area contributed by atoms with Gasteiger partial charge in [0, 0.05) is 27.9 Å². The normalized spacial score (nSPS) is 12.5. The van der Waals surface area contributed by atoms with E-state index in [1.54, 1.807) is 12.1 Å². The number of fused-ring (bicyclic) bond motifs is 1. The number of hydrogen-bond donors (Lipinski definition) is 0. The number of nitrogens with zero attached hydrogens (tertiary/aromatic N) is 1. The number of aromatic nitrogens is 1. The Labute approximate surface area is 139 Å². The molecule has 3 aromatic rings. The van der Waals surface area contributed by atoms with Crippen LogP contribution in [0.1, 0.15) is 16.1 Å². The Morgan fingerprint density at radius 3 is 2.67 bits per heavy atom. The standard InChI is InChI=1S/C17H12Br2FN/c18-14-6-3-5-13(17(14)20)15(19)10-12-9-8-11-4-1-2-7-16(11)21-12/h1-9,15H,10H2. The van der Waals surface area contributed by atoms with Crippen molar-refractivity contribution in [3.8, 4) is 0 Å². The molecule has 1 unspecified atom stereocenters. The molecule has 0 saturated carbocycles. The number of para-hydroxylation sites is 1. The lowest BCUT2D eigenvalue weighted by atomic mass is 10.1. The lowest BCUT2D eigenvalue weighted by Gasteiger charge is -2.12. The zero-order valence-corrected chi connectivity index (χ0v) is 14.2. The van der Waals surface area contributed by atoms with Crippen molar-refractivity contribution in [2.45, 2.75) is 11.2 Å². The summed E-state index contributed by atoms with van der Waals surface area (Å²) >= 11 is 6.79. The van der Waals surface area contributed by atoms with Crippen molar-refractivity contribution >= 4 is 42.8 Å². The van der Waals surface area contributed by atoms with Gasteiger partial charge in [-0.2, -0.15) is 0 Å². The van der Waals surface area contributed by atoms with Gasteiger partial charge in [-0.1, -0.05) is 52.3 Å². The third kappa shape index (κ3) is 3.16. The molecule has 106 valence electrons. The molecule has 1 atom stereocenters. The van der Waals surface area contributed by atoms with E-state index in [0.717, 1.165) is 16.6 Å². The average Bonchev–Trinajstić information content (AvgIpc) is 2.50. The van der Waals surface area contributed by atoms with Crippen molar-refractivity contribution in [2.24, 2.45) is 0 Å². The minimum atomic E-state index is -0.222. The van der Waals surface area contributed by atoms with Gasteiger partial charge in [0.05, 0.1) is 9.99 Å². The fraction of sp³-hybridized carbons (Fsp3) is 0.118. The Morgan fingerprint density at radius 2 is 1.81 bits per heavy atom. The van der Waals surface area contributed by atoms with Crippen LogP contribution in [0, 0.1) is 5.82 Å². The van der Waals surface area contributed by atoms with E-state index in [0.29, 0.717) is 16.5 Å². The van der Waals surface area contributed by atoms with Crippen LogP contribution in [-0.2, 0) is 6.42 Å². The molecule has 0 amide bonds. The Kier molecular flexibility index (Phi) is 4.36. The van der Waals surface area contributed by atoms with E-state index in [1.165, 1.54) is 0 Å². The minimum Gasteiger partial charge on any atom is -0.253 e. The van der Waals surface area contributed by atoms with Gasteiger partial charge < -0.3 is 0 Å². The molecule has 0 saturated heterocycles. The number of hydrogen-bond acceptors (Lipinski definition) is 1. The molecule has 0 aliphatic rings. The Morgan fingerprint density at radius 1 is 1.00 bits per heavy atom. The lowest BCUT2D eigenvalue weighted by molar-refractivity contribution is 0.601. The molecule has 0 aliphatic carbocycles. The monoisotopic (exact) mass is 407 g/mol. The molecule has 21 heavy (non-hydrogen) atoms. The first-order chi connectivity index (χ1) is 10.1. The average molecular weight is 409 g/mol. The van der Waals surface area contributed by atoms with Crippen LogP contribution in [0.4, 0.5) is 4.39 Å². The molecular weight excluding hydrogens is 397 g/mol. The van der Waals surface area contributed by atoms with Crippen LogP contribution in [0.5, 0.6) is 0 Å². The highest BCUT2D eigenvalue weighted by Gasteiger charge is 2.15. The van der Waals surface area contributed by atoms with E-state index in [2.05, 4.69) is 42.9 Å². The molecular formula is C17H12Br2FN. The maximum atomic E-state index is 14.1.